The summed E-state index contributed by atoms with van der Waals surface area (Å²) in [6.07, 6.45) is 0. The summed E-state index contributed by atoms with van der Waals surface area (Å²) >= 11 is 1.36. The molecule has 0 bridgehead atoms. The van der Waals surface area contributed by atoms with Gasteiger partial charge >= 0.3 is 6.03 Å². The van der Waals surface area contributed by atoms with Crippen LogP contribution in [-0.4, -0.2) is 26.0 Å². The molecular formula is C21H20N2O4S. The van der Waals surface area contributed by atoms with Crippen LogP contribution in [0.25, 0.3) is 0 Å². The Morgan fingerprint density at radius 1 is 0.929 bits per heavy atom. The van der Waals surface area contributed by atoms with Gasteiger partial charge in [-0.3, -0.25) is 4.79 Å². The molecule has 3 aromatic rings. The number of para-hydroxylation sites is 1. The van der Waals surface area contributed by atoms with Gasteiger partial charge in [-0.2, -0.15) is 0 Å². The van der Waals surface area contributed by atoms with Gasteiger partial charge in [-0.25, -0.2) is 4.79 Å². The minimum absolute atomic E-state index is 0.0255. The highest BCUT2D eigenvalue weighted by Crippen LogP contribution is 2.34. The topological polar surface area (TPSA) is 76.7 Å². The lowest BCUT2D eigenvalue weighted by atomic mass is 10.1. The van der Waals surface area contributed by atoms with E-state index >= 15 is 0 Å². The predicted octanol–water partition coefficient (Wildman–Crippen LogP) is 4.32. The zero-order valence-electron chi connectivity index (χ0n) is 15.5. The SMILES string of the molecule is COc1cccc(NC(=O)NCc2ccc(C(=O)c3ccccc3)s2)c1OC. The molecule has 6 nitrogen and oxygen atoms in total. The number of anilines is 1. The van der Waals surface area contributed by atoms with Crippen LogP contribution in [0.2, 0.25) is 0 Å². The number of ketones is 1. The van der Waals surface area contributed by atoms with E-state index in [1.807, 2.05) is 24.3 Å². The number of nitrogens with one attached hydrogen (secondary N) is 2. The summed E-state index contributed by atoms with van der Waals surface area (Å²) in [5.41, 5.74) is 1.15. The number of ether oxygens (including phenoxy) is 2. The number of hydrogen-bond acceptors (Lipinski definition) is 5. The van der Waals surface area contributed by atoms with Gasteiger partial charge in [0.1, 0.15) is 0 Å². The number of benzene rings is 2. The van der Waals surface area contributed by atoms with Crippen LogP contribution in [-0.2, 0) is 6.54 Å². The highest BCUT2D eigenvalue weighted by molar-refractivity contribution is 7.14. The lowest BCUT2D eigenvalue weighted by Gasteiger charge is -2.13. The Hall–Kier alpha value is -3.32. The zero-order valence-corrected chi connectivity index (χ0v) is 16.3. The van der Waals surface area contributed by atoms with E-state index < -0.39 is 0 Å². The van der Waals surface area contributed by atoms with Crippen molar-refractivity contribution in [2.45, 2.75) is 6.54 Å². The second-order valence-electron chi connectivity index (χ2n) is 5.81. The van der Waals surface area contributed by atoms with Crippen LogP contribution < -0.4 is 20.1 Å². The molecule has 0 aliphatic heterocycles. The summed E-state index contributed by atoms with van der Waals surface area (Å²) in [4.78, 5) is 26.2. The summed E-state index contributed by atoms with van der Waals surface area (Å²) in [5, 5.41) is 5.53. The predicted molar refractivity (Wildman–Crippen MR) is 110 cm³/mol. The van der Waals surface area contributed by atoms with Crippen molar-refractivity contribution >= 4 is 28.8 Å². The van der Waals surface area contributed by atoms with Crippen molar-refractivity contribution in [2.24, 2.45) is 0 Å². The van der Waals surface area contributed by atoms with Gasteiger partial charge in [-0.15, -0.1) is 11.3 Å². The Balaban J connectivity index is 1.60. The van der Waals surface area contributed by atoms with Gasteiger partial charge in [0.2, 0.25) is 5.78 Å². The Morgan fingerprint density at radius 2 is 1.71 bits per heavy atom. The van der Waals surface area contributed by atoms with Crippen LogP contribution in [0.3, 0.4) is 0 Å². The van der Waals surface area contributed by atoms with E-state index in [0.717, 1.165) is 4.88 Å². The van der Waals surface area contributed by atoms with Crippen LogP contribution in [0.4, 0.5) is 10.5 Å². The van der Waals surface area contributed by atoms with Gasteiger partial charge in [0.25, 0.3) is 0 Å². The zero-order chi connectivity index (χ0) is 19.9. The fourth-order valence-electron chi connectivity index (χ4n) is 2.65. The Morgan fingerprint density at radius 3 is 2.43 bits per heavy atom. The van der Waals surface area contributed by atoms with E-state index in [0.29, 0.717) is 34.2 Å². The third-order valence-electron chi connectivity index (χ3n) is 4.00. The maximum absolute atomic E-state index is 12.5. The highest BCUT2D eigenvalue weighted by atomic mass is 32.1. The van der Waals surface area contributed by atoms with E-state index in [1.165, 1.54) is 25.6 Å². The number of carbonyl (C=O) groups excluding carboxylic acids is 2. The normalized spacial score (nSPS) is 10.2. The van der Waals surface area contributed by atoms with Crippen molar-refractivity contribution in [1.82, 2.24) is 5.32 Å². The fourth-order valence-corrected chi connectivity index (χ4v) is 3.56. The molecule has 0 aliphatic rings. The molecule has 2 amide bonds. The summed E-state index contributed by atoms with van der Waals surface area (Å²) in [6.45, 7) is 0.310. The number of methoxy groups -OCH3 is 2. The second-order valence-corrected chi connectivity index (χ2v) is 6.98. The van der Waals surface area contributed by atoms with Crippen molar-refractivity contribution in [3.8, 4) is 11.5 Å². The van der Waals surface area contributed by atoms with E-state index in [-0.39, 0.29) is 11.8 Å². The van der Waals surface area contributed by atoms with Gasteiger partial charge in [-0.05, 0) is 24.3 Å². The molecule has 2 aromatic carbocycles. The van der Waals surface area contributed by atoms with Crippen molar-refractivity contribution in [2.75, 3.05) is 19.5 Å². The molecule has 2 N–H and O–H groups in total. The summed E-state index contributed by atoms with van der Waals surface area (Å²) < 4.78 is 10.5. The molecule has 0 saturated heterocycles. The molecule has 0 atom stereocenters. The third kappa shape index (κ3) is 4.50. The quantitative estimate of drug-likeness (QED) is 0.583. The smallest absolute Gasteiger partial charge is 0.319 e. The first kappa shape index (κ1) is 19.4. The van der Waals surface area contributed by atoms with E-state index in [9.17, 15) is 9.59 Å². The van der Waals surface area contributed by atoms with E-state index in [4.69, 9.17) is 9.47 Å². The van der Waals surface area contributed by atoms with Gasteiger partial charge < -0.3 is 20.1 Å². The van der Waals surface area contributed by atoms with Gasteiger partial charge in [-0.1, -0.05) is 36.4 Å². The first-order valence-corrected chi connectivity index (χ1v) is 9.38. The lowest BCUT2D eigenvalue weighted by molar-refractivity contribution is 0.104. The van der Waals surface area contributed by atoms with Crippen molar-refractivity contribution in [3.63, 3.8) is 0 Å². The van der Waals surface area contributed by atoms with Crippen LogP contribution >= 0.6 is 11.3 Å². The molecule has 3 rings (SSSR count). The number of hydrogen-bond donors (Lipinski definition) is 2. The Bertz CT molecular complexity index is 970. The summed E-state index contributed by atoms with van der Waals surface area (Å²) in [6, 6.07) is 17.6. The number of urea groups is 1. The number of carbonyl (C=O) groups is 2. The molecule has 0 fully saturated rings. The molecule has 1 heterocycles. The fraction of sp³-hybridized carbons (Fsp3) is 0.143. The summed E-state index contributed by atoms with van der Waals surface area (Å²) in [5.74, 6) is 0.956. The first-order chi connectivity index (χ1) is 13.6. The van der Waals surface area contributed by atoms with Crippen LogP contribution in [0, 0.1) is 0 Å². The Labute approximate surface area is 167 Å². The third-order valence-corrected chi connectivity index (χ3v) is 5.08. The number of amides is 2. The van der Waals surface area contributed by atoms with Gasteiger partial charge in [0.15, 0.2) is 11.5 Å². The van der Waals surface area contributed by atoms with Crippen molar-refractivity contribution in [3.05, 3.63) is 76.0 Å². The number of rotatable bonds is 7. The molecule has 0 unspecified atom stereocenters. The molecule has 0 radical (unpaired) electrons. The monoisotopic (exact) mass is 396 g/mol. The number of thiophene rings is 1. The minimum Gasteiger partial charge on any atom is -0.493 e. The van der Waals surface area contributed by atoms with Crippen LogP contribution in [0.5, 0.6) is 11.5 Å². The second kappa shape index (κ2) is 9.05. The van der Waals surface area contributed by atoms with Crippen LogP contribution in [0.1, 0.15) is 20.1 Å². The van der Waals surface area contributed by atoms with Gasteiger partial charge in [0.05, 0.1) is 31.3 Å². The average molecular weight is 396 g/mol. The average Bonchev–Trinajstić information content (AvgIpc) is 3.21. The Kier molecular flexibility index (Phi) is 6.29. The molecule has 7 heteroatoms. The highest BCUT2D eigenvalue weighted by Gasteiger charge is 2.14. The van der Waals surface area contributed by atoms with E-state index in [2.05, 4.69) is 10.6 Å². The standard InChI is InChI=1S/C21H20N2O4S/c1-26-17-10-6-9-16(20(17)27-2)23-21(25)22-13-15-11-12-18(28-15)19(24)14-7-4-3-5-8-14/h3-12H,13H2,1-2H3,(H2,22,23,25). The van der Waals surface area contributed by atoms with Crippen LogP contribution in [0.15, 0.2) is 60.7 Å². The van der Waals surface area contributed by atoms with Gasteiger partial charge in [0, 0.05) is 10.4 Å². The largest absolute Gasteiger partial charge is 0.493 e. The van der Waals surface area contributed by atoms with E-state index in [1.54, 1.807) is 36.4 Å². The van der Waals surface area contributed by atoms with Crippen molar-refractivity contribution < 1.29 is 19.1 Å². The first-order valence-electron chi connectivity index (χ1n) is 8.56. The molecule has 144 valence electrons. The minimum atomic E-state index is -0.379. The maximum atomic E-state index is 12.5. The molecule has 28 heavy (non-hydrogen) atoms. The molecule has 0 aliphatic carbocycles. The lowest BCUT2D eigenvalue weighted by Crippen LogP contribution is -2.28. The summed E-state index contributed by atoms with van der Waals surface area (Å²) in [7, 11) is 3.05. The molecule has 1 aromatic heterocycles. The van der Waals surface area contributed by atoms with Crippen molar-refractivity contribution in [1.29, 1.82) is 0 Å². The molecular weight excluding hydrogens is 376 g/mol. The molecule has 0 saturated carbocycles. The maximum Gasteiger partial charge on any atom is 0.319 e. The molecule has 0 spiro atoms.